The van der Waals surface area contributed by atoms with Gasteiger partial charge in [-0.1, -0.05) is 8.35 Å². The number of rotatable bonds is 6. The van der Waals surface area contributed by atoms with E-state index >= 15 is 0 Å². The van der Waals surface area contributed by atoms with Crippen LogP contribution in [0.4, 0.5) is 0 Å². The van der Waals surface area contributed by atoms with Crippen LogP contribution in [-0.4, -0.2) is 58.3 Å². The van der Waals surface area contributed by atoms with Crippen LogP contribution in [0.15, 0.2) is 0 Å². The van der Waals surface area contributed by atoms with Gasteiger partial charge in [-0.05, 0) is 41.5 Å². The summed E-state index contributed by atoms with van der Waals surface area (Å²) in [5.41, 5.74) is -0.364. The molecule has 0 amide bonds. The highest BCUT2D eigenvalue weighted by molar-refractivity contribution is 7.05. The molecule has 0 rings (SSSR count). The van der Waals surface area contributed by atoms with E-state index in [9.17, 15) is 0 Å². The molecule has 0 aromatic rings. The highest BCUT2D eigenvalue weighted by Gasteiger charge is 2.42. The Hall–Kier alpha value is 2.25. The van der Waals surface area contributed by atoms with Gasteiger partial charge < -0.3 is 27.0 Å². The number of hydrogen-bond acceptors (Lipinski definition) is 2. The van der Waals surface area contributed by atoms with Crippen molar-refractivity contribution in [3.8, 4) is 0 Å². The van der Waals surface area contributed by atoms with Gasteiger partial charge >= 0.3 is 38.5 Å². The largest absolute Gasteiger partial charge is 0.502 e. The van der Waals surface area contributed by atoms with E-state index in [2.05, 4.69) is 41.5 Å². The van der Waals surface area contributed by atoms with Gasteiger partial charge in [0.15, 0.2) is 0 Å². The number of hydrogen-bond donors (Lipinski definition) is 0. The van der Waals surface area contributed by atoms with Gasteiger partial charge in [0.2, 0.25) is 0 Å². The molecule has 0 aliphatic rings. The first-order valence-electron chi connectivity index (χ1n) is 6.06. The zero-order valence-electron chi connectivity index (χ0n) is 11.9. The van der Waals surface area contributed by atoms with Crippen LogP contribution in [0.25, 0.3) is 0 Å². The van der Waals surface area contributed by atoms with Crippen molar-refractivity contribution in [2.75, 3.05) is 0 Å². The molecule has 0 unspecified atom stereocenters. The Bertz CT molecular complexity index is 205. The van der Waals surface area contributed by atoms with Crippen LogP contribution in [-0.2, 0) is 8.85 Å². The van der Waals surface area contributed by atoms with Gasteiger partial charge in [-0.15, -0.1) is 0 Å². The quantitative estimate of drug-likeness (QED) is 0.695. The second-order valence-electron chi connectivity index (χ2n) is 6.22. The first-order chi connectivity index (χ1) is 7.54. The lowest BCUT2D eigenvalue weighted by Gasteiger charge is -2.42. The van der Waals surface area contributed by atoms with Gasteiger partial charge in [-0.2, -0.15) is 0 Å². The molecule has 0 aliphatic carbocycles. The lowest BCUT2D eigenvalue weighted by molar-refractivity contribution is 0.0188. The Labute approximate surface area is 134 Å². The molecule has 7 heteroatoms. The average molecular weight is 322 g/mol. The van der Waals surface area contributed by atoms with E-state index in [-0.39, 0.29) is 11.2 Å². The van der Waals surface area contributed by atoms with Crippen molar-refractivity contribution < 1.29 is 8.85 Å². The second kappa shape index (κ2) is 7.88. The first-order valence-corrected chi connectivity index (χ1v) is 14.6. The first kappa shape index (κ1) is 19.2. The predicted octanol–water partition coefficient (Wildman–Crippen LogP) is 3.69. The summed E-state index contributed by atoms with van der Waals surface area (Å²) in [4.78, 5) is 0. The van der Waals surface area contributed by atoms with E-state index in [0.29, 0.717) is 0 Å². The maximum absolute atomic E-state index is 6.30. The molecular weight excluding hydrogens is 300 g/mol. The van der Waals surface area contributed by atoms with Crippen molar-refractivity contribution in [3.63, 3.8) is 0 Å². The van der Waals surface area contributed by atoms with E-state index in [0.717, 1.165) is 8.35 Å². The van der Waals surface area contributed by atoms with Gasteiger partial charge in [0.25, 0.3) is 8.56 Å². The van der Waals surface area contributed by atoms with Crippen molar-refractivity contribution >= 4 is 65.2 Å². The van der Waals surface area contributed by atoms with Gasteiger partial charge in [0, 0.05) is 11.2 Å². The molecule has 17 heavy (non-hydrogen) atoms. The Balaban J connectivity index is 4.97. The van der Waals surface area contributed by atoms with E-state index in [4.69, 9.17) is 27.0 Å². The Kier molecular flexibility index (Phi) is 8.92. The molecule has 0 radical (unpaired) electrons. The molecule has 0 aromatic carbocycles. The molecule has 96 valence electrons. The van der Waals surface area contributed by atoms with Crippen molar-refractivity contribution in [1.29, 1.82) is 0 Å². The number of halogens is 2. The van der Waals surface area contributed by atoms with Gasteiger partial charge in [-0.25, -0.2) is 0 Å². The standard InChI is InChI=1S/C10H22O2Si.2ClH.2Mg/c1-9(2,3)11-13(7,8)12-10(4,5)6;;;;/h7-8H2,1-6H3;2*1H;;/q;;;2*+1/p-2. The minimum Gasteiger partial charge on any atom is -0.392 e. The molecule has 0 saturated carbocycles. The summed E-state index contributed by atoms with van der Waals surface area (Å²) in [6.45, 7) is 12.5. The van der Waals surface area contributed by atoms with Crippen LogP contribution in [0.5, 0.6) is 0 Å². The third kappa shape index (κ3) is 9.73. The highest BCUT2D eigenvalue weighted by atomic mass is 35.5. The van der Waals surface area contributed by atoms with E-state index in [1.165, 1.54) is 0 Å². The Morgan fingerprint density at radius 2 is 1.12 bits per heavy atom. The zero-order valence-corrected chi connectivity index (χ0v) is 17.2. The summed E-state index contributed by atoms with van der Waals surface area (Å²) in [7, 11) is 9.92. The predicted molar refractivity (Wildman–Crippen MR) is 80.3 cm³/mol. The van der Waals surface area contributed by atoms with Crippen LogP contribution in [0.1, 0.15) is 41.5 Å². The summed E-state index contributed by atoms with van der Waals surface area (Å²) in [5.74, 6) is 0. The molecule has 0 aliphatic heterocycles. The van der Waals surface area contributed by atoms with Gasteiger partial charge in [0.1, 0.15) is 0 Å². The average Bonchev–Trinajstić information content (AvgIpc) is 1.96. The summed E-state index contributed by atoms with van der Waals surface area (Å²) >= 11 is -1.20. The fourth-order valence-electron chi connectivity index (χ4n) is 1.75. The minimum atomic E-state index is -2.21. The smallest absolute Gasteiger partial charge is 0.392 e. The maximum atomic E-state index is 6.30. The van der Waals surface area contributed by atoms with E-state index < -0.39 is 47.1 Å². The molecule has 0 atom stereocenters. The van der Waals surface area contributed by atoms with Gasteiger partial charge in [-0.3, -0.25) is 0 Å². The maximum Gasteiger partial charge on any atom is 0.502 e. The van der Waals surface area contributed by atoms with Crippen LogP contribution < -0.4 is 0 Å². The zero-order chi connectivity index (χ0) is 13.7. The summed E-state index contributed by atoms with van der Waals surface area (Å²) in [6.07, 6.45) is 0. The Morgan fingerprint density at radius 3 is 1.29 bits per heavy atom. The SMILES string of the molecule is CC(C)(C)O[Si]([CH2][Mg][Cl])([CH2][Mg][Cl])OC(C)(C)C. The van der Waals surface area contributed by atoms with Crippen LogP contribution in [0, 0.1) is 0 Å². The van der Waals surface area contributed by atoms with E-state index in [1.807, 2.05) is 0 Å². The third-order valence-electron chi connectivity index (χ3n) is 1.94. The van der Waals surface area contributed by atoms with Crippen molar-refractivity contribution in [3.05, 3.63) is 0 Å². The molecule has 0 aromatic heterocycles. The topological polar surface area (TPSA) is 18.5 Å². The minimum absolute atomic E-state index is 0.182. The lowest BCUT2D eigenvalue weighted by atomic mass is 10.2. The van der Waals surface area contributed by atoms with Crippen molar-refractivity contribution in [1.82, 2.24) is 0 Å². The molecular formula is C10H22Cl2Mg2O2Si. The third-order valence-corrected chi connectivity index (χ3v) is 14.9. The Morgan fingerprint density at radius 1 is 0.824 bits per heavy atom. The van der Waals surface area contributed by atoms with Crippen LogP contribution >= 0.6 is 18.1 Å². The fraction of sp³-hybridized carbons (Fsp3) is 1.00. The summed E-state index contributed by atoms with van der Waals surface area (Å²) < 4.78 is 14.5. The monoisotopic (exact) mass is 320 g/mol. The van der Waals surface area contributed by atoms with Crippen molar-refractivity contribution in [2.24, 2.45) is 0 Å². The van der Waals surface area contributed by atoms with E-state index in [1.54, 1.807) is 0 Å². The molecule has 0 spiro atoms. The van der Waals surface area contributed by atoms with Crippen LogP contribution in [0.3, 0.4) is 0 Å². The molecule has 0 bridgehead atoms. The van der Waals surface area contributed by atoms with Crippen molar-refractivity contribution in [2.45, 2.75) is 61.1 Å². The molecule has 2 nitrogen and oxygen atoms in total. The second-order valence-corrected chi connectivity index (χ2v) is 15.5. The lowest BCUT2D eigenvalue weighted by Crippen LogP contribution is -2.52. The molecule has 0 heterocycles. The van der Waals surface area contributed by atoms with Gasteiger partial charge in [0.05, 0.1) is 0 Å². The molecule has 0 N–H and O–H groups in total. The summed E-state index contributed by atoms with van der Waals surface area (Å²) in [6, 6.07) is 0. The molecule has 0 saturated heterocycles. The summed E-state index contributed by atoms with van der Waals surface area (Å²) in [5, 5.41) is 0. The normalized spacial score (nSPS) is 13.2. The molecule has 0 fully saturated rings. The van der Waals surface area contributed by atoms with Crippen LogP contribution in [0.2, 0.25) is 8.35 Å². The fourth-order valence-corrected chi connectivity index (χ4v) is 16.4. The highest BCUT2D eigenvalue weighted by Crippen LogP contribution is 2.29.